The summed E-state index contributed by atoms with van der Waals surface area (Å²) in [5.74, 6) is -1.76. The molecule has 0 unspecified atom stereocenters. The van der Waals surface area contributed by atoms with Gasteiger partial charge in [-0.2, -0.15) is 0 Å². The standard InChI is InChI=1S/C46H70O13/c1-24(2)30-15-20-46(41(52)59-40-39(57-29(7)51)38(56-28(6)50)37(55-27(5)49)32(58-40)23-53-25(3)47)22-21-44(11)31(36(30)46)13-14-34-43(10)18-17-35(54-26(4)48)42(8,9)33(43)16-19-45(34,44)12/h24,30-40H,13-23H2,1-12H3/t30-,31+,32+,33-,34+,35-,36+,37+,38-,39+,40-,43-,44+,45+,46-/m0/s1. The van der Waals surface area contributed by atoms with E-state index in [-0.39, 0.29) is 51.5 Å². The fraction of sp³-hybridized carbons (Fsp3) is 0.870. The molecule has 0 N–H and O–H groups in total. The largest absolute Gasteiger partial charge is 0.463 e. The quantitative estimate of drug-likeness (QED) is 0.168. The predicted octanol–water partition coefficient (Wildman–Crippen LogP) is 7.28. The van der Waals surface area contributed by atoms with E-state index in [1.54, 1.807) is 0 Å². The summed E-state index contributed by atoms with van der Waals surface area (Å²) in [6, 6.07) is 0. The van der Waals surface area contributed by atoms with E-state index in [1.165, 1.54) is 27.7 Å². The molecule has 6 rings (SSSR count). The van der Waals surface area contributed by atoms with Gasteiger partial charge >= 0.3 is 35.8 Å². The summed E-state index contributed by atoms with van der Waals surface area (Å²) >= 11 is 0. The number of hydrogen-bond donors (Lipinski definition) is 0. The summed E-state index contributed by atoms with van der Waals surface area (Å²) in [6.07, 6.45) is 1.93. The first-order valence-corrected chi connectivity index (χ1v) is 22.1. The van der Waals surface area contributed by atoms with Crippen molar-refractivity contribution in [1.82, 2.24) is 0 Å². The Morgan fingerprint density at radius 3 is 1.80 bits per heavy atom. The molecule has 13 nitrogen and oxygen atoms in total. The molecule has 0 radical (unpaired) electrons. The maximum absolute atomic E-state index is 15.2. The monoisotopic (exact) mass is 830 g/mol. The van der Waals surface area contributed by atoms with Gasteiger partial charge in [-0.15, -0.1) is 0 Å². The van der Waals surface area contributed by atoms with E-state index < -0.39 is 72.6 Å². The highest BCUT2D eigenvalue weighted by Gasteiger charge is 2.73. The van der Waals surface area contributed by atoms with Crippen LogP contribution in [-0.4, -0.2) is 79.2 Å². The van der Waals surface area contributed by atoms with E-state index in [9.17, 15) is 24.0 Å². The highest BCUT2D eigenvalue weighted by Crippen LogP contribution is 2.77. The zero-order valence-electron chi connectivity index (χ0n) is 37.5. The zero-order chi connectivity index (χ0) is 43.6. The lowest BCUT2D eigenvalue weighted by Crippen LogP contribution is -2.67. The second kappa shape index (κ2) is 16.2. The second-order valence-corrected chi connectivity index (χ2v) is 20.7. The van der Waals surface area contributed by atoms with Crippen LogP contribution in [0.5, 0.6) is 0 Å². The molecular formula is C46H70O13. The van der Waals surface area contributed by atoms with Gasteiger partial charge < -0.3 is 33.2 Å². The van der Waals surface area contributed by atoms with Crippen molar-refractivity contribution in [3.05, 3.63) is 0 Å². The Kier molecular flexibility index (Phi) is 12.5. The van der Waals surface area contributed by atoms with Crippen LogP contribution in [0.15, 0.2) is 0 Å². The van der Waals surface area contributed by atoms with Crippen LogP contribution in [0, 0.1) is 62.6 Å². The van der Waals surface area contributed by atoms with Gasteiger partial charge in [0.1, 0.15) is 18.8 Å². The topological polar surface area (TPSA) is 167 Å². The fourth-order valence-electron chi connectivity index (χ4n) is 14.6. The number of carbonyl (C=O) groups is 6. The lowest BCUT2D eigenvalue weighted by Gasteiger charge is -2.72. The molecule has 5 aliphatic carbocycles. The van der Waals surface area contributed by atoms with E-state index in [2.05, 4.69) is 48.5 Å². The number of carbonyl (C=O) groups excluding carboxylic acids is 6. The van der Waals surface area contributed by atoms with Gasteiger partial charge in [-0.3, -0.25) is 28.8 Å². The van der Waals surface area contributed by atoms with E-state index in [4.69, 9.17) is 33.2 Å². The normalized spacial score (nSPS) is 43.4. The molecule has 6 fully saturated rings. The average molecular weight is 831 g/mol. The molecule has 1 aliphatic heterocycles. The highest BCUT2D eigenvalue weighted by atomic mass is 16.7. The number of ether oxygens (including phenoxy) is 7. The molecule has 332 valence electrons. The number of rotatable bonds is 9. The van der Waals surface area contributed by atoms with E-state index in [0.717, 1.165) is 58.3 Å². The third-order valence-electron chi connectivity index (χ3n) is 17.2. The van der Waals surface area contributed by atoms with Crippen molar-refractivity contribution in [2.75, 3.05) is 6.61 Å². The lowest BCUT2D eigenvalue weighted by atomic mass is 9.32. The summed E-state index contributed by atoms with van der Waals surface area (Å²) in [7, 11) is 0. The fourth-order valence-corrected chi connectivity index (χ4v) is 14.6. The minimum Gasteiger partial charge on any atom is -0.463 e. The van der Waals surface area contributed by atoms with Crippen molar-refractivity contribution in [2.45, 2.75) is 184 Å². The molecular weight excluding hydrogens is 760 g/mol. The first-order chi connectivity index (χ1) is 27.4. The molecule has 15 atom stereocenters. The van der Waals surface area contributed by atoms with Crippen LogP contribution >= 0.6 is 0 Å². The van der Waals surface area contributed by atoms with Crippen molar-refractivity contribution in [1.29, 1.82) is 0 Å². The average Bonchev–Trinajstić information content (AvgIpc) is 3.52. The minimum absolute atomic E-state index is 0.0194. The molecule has 1 saturated heterocycles. The second-order valence-electron chi connectivity index (χ2n) is 20.7. The molecule has 13 heteroatoms. The van der Waals surface area contributed by atoms with E-state index in [0.29, 0.717) is 30.6 Å². The van der Waals surface area contributed by atoms with Crippen molar-refractivity contribution in [3.63, 3.8) is 0 Å². The van der Waals surface area contributed by atoms with Gasteiger partial charge in [0.2, 0.25) is 12.4 Å². The Hall–Kier alpha value is -3.22. The first-order valence-electron chi connectivity index (χ1n) is 22.1. The summed E-state index contributed by atoms with van der Waals surface area (Å²) in [4.78, 5) is 76.7. The van der Waals surface area contributed by atoms with Crippen molar-refractivity contribution in [3.8, 4) is 0 Å². The molecule has 1 heterocycles. The first kappa shape index (κ1) is 45.3. The van der Waals surface area contributed by atoms with Gasteiger partial charge in [0.05, 0.1) is 5.41 Å². The van der Waals surface area contributed by atoms with Crippen molar-refractivity contribution >= 4 is 35.8 Å². The summed E-state index contributed by atoms with van der Waals surface area (Å²) < 4.78 is 40.8. The smallest absolute Gasteiger partial charge is 0.314 e. The highest BCUT2D eigenvalue weighted by molar-refractivity contribution is 5.78. The molecule has 0 spiro atoms. The van der Waals surface area contributed by atoms with Gasteiger partial charge in [-0.05, 0) is 116 Å². The molecule has 0 aromatic rings. The van der Waals surface area contributed by atoms with Gasteiger partial charge in [0.25, 0.3) is 0 Å². The molecule has 6 aliphatic rings. The van der Waals surface area contributed by atoms with Gasteiger partial charge in [-0.1, -0.05) is 48.5 Å². The summed E-state index contributed by atoms with van der Waals surface area (Å²) in [6.45, 7) is 22.5. The Morgan fingerprint density at radius 2 is 1.20 bits per heavy atom. The Morgan fingerprint density at radius 1 is 0.593 bits per heavy atom. The van der Waals surface area contributed by atoms with Crippen molar-refractivity contribution in [2.24, 2.45) is 62.6 Å². The minimum atomic E-state index is -1.56. The Bertz CT molecular complexity index is 1670. The van der Waals surface area contributed by atoms with Crippen LogP contribution in [0.3, 0.4) is 0 Å². The number of esters is 6. The van der Waals surface area contributed by atoms with Gasteiger partial charge in [0.15, 0.2) is 12.2 Å². The number of hydrogen-bond acceptors (Lipinski definition) is 13. The lowest BCUT2D eigenvalue weighted by molar-refractivity contribution is -0.305. The van der Waals surface area contributed by atoms with Crippen LogP contribution in [0.25, 0.3) is 0 Å². The number of fused-ring (bicyclic) bond motifs is 7. The molecule has 0 aromatic heterocycles. The predicted molar refractivity (Wildman–Crippen MR) is 213 cm³/mol. The molecule has 0 amide bonds. The van der Waals surface area contributed by atoms with Crippen LogP contribution < -0.4 is 0 Å². The Balaban J connectivity index is 1.34. The van der Waals surface area contributed by atoms with Crippen LogP contribution in [0.4, 0.5) is 0 Å². The molecule has 0 aromatic carbocycles. The molecule has 59 heavy (non-hydrogen) atoms. The van der Waals surface area contributed by atoms with Crippen LogP contribution in [0.2, 0.25) is 0 Å². The maximum atomic E-state index is 15.2. The van der Waals surface area contributed by atoms with Crippen molar-refractivity contribution < 1.29 is 61.9 Å². The zero-order valence-corrected chi connectivity index (χ0v) is 37.5. The van der Waals surface area contributed by atoms with Crippen LogP contribution in [-0.2, 0) is 61.9 Å². The van der Waals surface area contributed by atoms with E-state index >= 15 is 4.79 Å². The van der Waals surface area contributed by atoms with Gasteiger partial charge in [0, 0.05) is 40.0 Å². The van der Waals surface area contributed by atoms with Crippen LogP contribution in [0.1, 0.15) is 147 Å². The molecule has 5 saturated carbocycles. The summed E-state index contributed by atoms with van der Waals surface area (Å²) in [5.41, 5.74) is -0.942. The molecule has 0 bridgehead atoms. The van der Waals surface area contributed by atoms with E-state index in [1.807, 2.05) is 0 Å². The Labute approximate surface area is 350 Å². The summed E-state index contributed by atoms with van der Waals surface area (Å²) in [5, 5.41) is 0. The third-order valence-corrected chi connectivity index (χ3v) is 17.2. The SMILES string of the molecule is CC(=O)OC[C@H]1O[C@@H](OC(=O)[C@]23CC[C@@H](C(C)C)[C@@H]2[C@H]2CC[C@@H]4[C@@]5(C)CC[C@H](OC(C)=O)C(C)(C)[C@@H]5CC[C@@]4(C)[C@]2(C)CC3)[C@H](OC(C)=O)[C@@H](OC(C)=O)[C@@H]1OC(C)=O. The third kappa shape index (κ3) is 7.70. The van der Waals surface area contributed by atoms with Gasteiger partial charge in [-0.25, -0.2) is 0 Å². The maximum Gasteiger partial charge on any atom is 0.314 e.